The van der Waals surface area contributed by atoms with Gasteiger partial charge in [-0.25, -0.2) is 4.39 Å². The zero-order valence-electron chi connectivity index (χ0n) is 10.8. The lowest BCUT2D eigenvalue weighted by atomic mass is 9.95. The highest BCUT2D eigenvalue weighted by Crippen LogP contribution is 2.36. The van der Waals surface area contributed by atoms with Gasteiger partial charge in [0.05, 0.1) is 0 Å². The van der Waals surface area contributed by atoms with Crippen LogP contribution >= 0.6 is 0 Å². The average molecular weight is 234 g/mol. The lowest BCUT2D eigenvalue weighted by molar-refractivity contribution is 0.443. The third kappa shape index (κ3) is 3.83. The van der Waals surface area contributed by atoms with Gasteiger partial charge in [0.1, 0.15) is 5.82 Å². The summed E-state index contributed by atoms with van der Waals surface area (Å²) in [6.07, 6.45) is 9.40. The third-order valence-electron chi connectivity index (χ3n) is 4.10. The summed E-state index contributed by atoms with van der Waals surface area (Å²) in [5.74, 6) is 1.77. The summed E-state index contributed by atoms with van der Waals surface area (Å²) in [7, 11) is 0. The first-order chi connectivity index (χ1) is 8.28. The zero-order valence-corrected chi connectivity index (χ0v) is 10.8. The lowest BCUT2D eigenvalue weighted by Crippen LogP contribution is -1.99. The quantitative estimate of drug-likeness (QED) is 0.674. The fourth-order valence-electron chi connectivity index (χ4n) is 3.13. The lowest BCUT2D eigenvalue weighted by Gasteiger charge is -2.10. The Labute approximate surface area is 104 Å². The molecule has 0 aliphatic heterocycles. The fraction of sp³-hybridized carbons (Fsp3) is 0.625. The minimum absolute atomic E-state index is 0.127. The number of benzene rings is 1. The molecule has 0 saturated heterocycles. The van der Waals surface area contributed by atoms with E-state index in [0.717, 1.165) is 18.3 Å². The maximum atomic E-state index is 12.8. The summed E-state index contributed by atoms with van der Waals surface area (Å²) in [5.41, 5.74) is 1.28. The van der Waals surface area contributed by atoms with Crippen LogP contribution in [0.3, 0.4) is 0 Å². The molecule has 0 aromatic heterocycles. The molecule has 0 amide bonds. The molecule has 1 heteroatoms. The summed E-state index contributed by atoms with van der Waals surface area (Å²) in [6, 6.07) is 7.00. The Morgan fingerprint density at radius 2 is 1.71 bits per heavy atom. The van der Waals surface area contributed by atoms with E-state index < -0.39 is 0 Å². The van der Waals surface area contributed by atoms with Gasteiger partial charge in [-0.3, -0.25) is 0 Å². The maximum absolute atomic E-state index is 12.8. The first kappa shape index (κ1) is 12.6. The van der Waals surface area contributed by atoms with Crippen molar-refractivity contribution in [2.45, 2.75) is 51.9 Å². The van der Waals surface area contributed by atoms with Gasteiger partial charge in [0.2, 0.25) is 0 Å². The Hall–Kier alpha value is -0.850. The average Bonchev–Trinajstić information content (AvgIpc) is 2.77. The molecule has 1 aliphatic carbocycles. The van der Waals surface area contributed by atoms with E-state index in [0.29, 0.717) is 0 Å². The number of hydrogen-bond acceptors (Lipinski definition) is 0. The highest BCUT2D eigenvalue weighted by Gasteiger charge is 2.23. The molecule has 1 aromatic rings. The standard InChI is InChI=1S/C16H23F/c1-2-3-14-6-7-15(12-14)5-4-13-8-10-16(17)11-9-13/h8-11,14-15H,2-7,12H2,1H3. The van der Waals surface area contributed by atoms with Gasteiger partial charge in [-0.15, -0.1) is 0 Å². The summed E-state index contributed by atoms with van der Waals surface area (Å²) in [5, 5.41) is 0. The van der Waals surface area contributed by atoms with Gasteiger partial charge in [0.25, 0.3) is 0 Å². The topological polar surface area (TPSA) is 0 Å². The van der Waals surface area contributed by atoms with E-state index in [2.05, 4.69) is 6.92 Å². The van der Waals surface area contributed by atoms with Crippen molar-refractivity contribution in [1.82, 2.24) is 0 Å². The highest BCUT2D eigenvalue weighted by atomic mass is 19.1. The van der Waals surface area contributed by atoms with Crippen LogP contribution in [0, 0.1) is 17.7 Å². The van der Waals surface area contributed by atoms with Crippen molar-refractivity contribution in [2.24, 2.45) is 11.8 Å². The van der Waals surface area contributed by atoms with Crippen molar-refractivity contribution in [3.8, 4) is 0 Å². The first-order valence-electron chi connectivity index (χ1n) is 7.02. The van der Waals surface area contributed by atoms with Crippen LogP contribution in [-0.4, -0.2) is 0 Å². The molecule has 2 atom stereocenters. The number of halogens is 1. The van der Waals surface area contributed by atoms with Crippen LogP contribution in [-0.2, 0) is 6.42 Å². The van der Waals surface area contributed by atoms with Gasteiger partial charge >= 0.3 is 0 Å². The second-order valence-electron chi connectivity index (χ2n) is 5.50. The number of aryl methyl sites for hydroxylation is 1. The molecule has 0 bridgehead atoms. The van der Waals surface area contributed by atoms with Crippen molar-refractivity contribution in [1.29, 1.82) is 0 Å². The van der Waals surface area contributed by atoms with E-state index in [4.69, 9.17) is 0 Å². The number of rotatable bonds is 5. The molecule has 1 aliphatic rings. The Bertz CT molecular complexity index is 328. The molecule has 2 unspecified atom stereocenters. The van der Waals surface area contributed by atoms with E-state index in [1.807, 2.05) is 12.1 Å². The van der Waals surface area contributed by atoms with Crippen LogP contribution in [0.5, 0.6) is 0 Å². The second-order valence-corrected chi connectivity index (χ2v) is 5.50. The summed E-state index contributed by atoms with van der Waals surface area (Å²) >= 11 is 0. The molecule has 0 heterocycles. The molecule has 1 aromatic carbocycles. The van der Waals surface area contributed by atoms with Gasteiger partial charge in [-0.1, -0.05) is 44.7 Å². The van der Waals surface area contributed by atoms with E-state index >= 15 is 0 Å². The Morgan fingerprint density at radius 1 is 1.06 bits per heavy atom. The predicted octanol–water partition coefficient (Wildman–Crippen LogP) is 4.97. The summed E-state index contributed by atoms with van der Waals surface area (Å²) in [6.45, 7) is 2.28. The summed E-state index contributed by atoms with van der Waals surface area (Å²) < 4.78 is 12.8. The van der Waals surface area contributed by atoms with E-state index in [-0.39, 0.29) is 5.82 Å². The van der Waals surface area contributed by atoms with Gasteiger partial charge in [-0.05, 0) is 48.8 Å². The largest absolute Gasteiger partial charge is 0.207 e. The summed E-state index contributed by atoms with van der Waals surface area (Å²) in [4.78, 5) is 0. The van der Waals surface area contributed by atoms with Gasteiger partial charge in [-0.2, -0.15) is 0 Å². The van der Waals surface area contributed by atoms with Crippen LogP contribution in [0.1, 0.15) is 51.0 Å². The predicted molar refractivity (Wildman–Crippen MR) is 70.5 cm³/mol. The smallest absolute Gasteiger partial charge is 0.123 e. The van der Waals surface area contributed by atoms with E-state index in [1.165, 1.54) is 44.1 Å². The molecule has 0 N–H and O–H groups in total. The first-order valence-corrected chi connectivity index (χ1v) is 7.02. The Balaban J connectivity index is 1.74. The van der Waals surface area contributed by atoms with Crippen molar-refractivity contribution < 1.29 is 4.39 Å². The molecule has 17 heavy (non-hydrogen) atoms. The van der Waals surface area contributed by atoms with Gasteiger partial charge in [0.15, 0.2) is 0 Å². The van der Waals surface area contributed by atoms with Crippen LogP contribution < -0.4 is 0 Å². The molecule has 1 fully saturated rings. The highest BCUT2D eigenvalue weighted by molar-refractivity contribution is 5.16. The van der Waals surface area contributed by atoms with Crippen LogP contribution in [0.25, 0.3) is 0 Å². The second kappa shape index (κ2) is 6.18. The van der Waals surface area contributed by atoms with Crippen molar-refractivity contribution in [3.05, 3.63) is 35.6 Å². The monoisotopic (exact) mass is 234 g/mol. The Morgan fingerprint density at radius 3 is 2.35 bits per heavy atom. The number of hydrogen-bond donors (Lipinski definition) is 0. The fourth-order valence-corrected chi connectivity index (χ4v) is 3.13. The molecule has 0 radical (unpaired) electrons. The minimum atomic E-state index is -0.127. The molecule has 2 rings (SSSR count). The SMILES string of the molecule is CCCC1CCC(CCc2ccc(F)cc2)C1. The molecular formula is C16H23F. The Kier molecular flexibility index (Phi) is 4.58. The minimum Gasteiger partial charge on any atom is -0.207 e. The molecule has 0 nitrogen and oxygen atoms in total. The molecule has 1 saturated carbocycles. The third-order valence-corrected chi connectivity index (χ3v) is 4.10. The van der Waals surface area contributed by atoms with Crippen molar-refractivity contribution in [3.63, 3.8) is 0 Å². The van der Waals surface area contributed by atoms with E-state index in [1.54, 1.807) is 12.1 Å². The molecule has 0 spiro atoms. The zero-order chi connectivity index (χ0) is 12.1. The maximum Gasteiger partial charge on any atom is 0.123 e. The van der Waals surface area contributed by atoms with Crippen molar-refractivity contribution in [2.75, 3.05) is 0 Å². The molecular weight excluding hydrogens is 211 g/mol. The van der Waals surface area contributed by atoms with Crippen LogP contribution in [0.15, 0.2) is 24.3 Å². The normalized spacial score (nSPS) is 24.1. The van der Waals surface area contributed by atoms with Crippen molar-refractivity contribution >= 4 is 0 Å². The van der Waals surface area contributed by atoms with Gasteiger partial charge in [0, 0.05) is 0 Å². The van der Waals surface area contributed by atoms with Crippen LogP contribution in [0.2, 0.25) is 0 Å². The van der Waals surface area contributed by atoms with Gasteiger partial charge < -0.3 is 0 Å². The van der Waals surface area contributed by atoms with E-state index in [9.17, 15) is 4.39 Å². The van der Waals surface area contributed by atoms with Crippen LogP contribution in [0.4, 0.5) is 4.39 Å². The molecule has 94 valence electrons.